The Kier molecular flexibility index (Phi) is 4.11. The fourth-order valence-corrected chi connectivity index (χ4v) is 3.31. The molecule has 2 aromatic rings. The van der Waals surface area contributed by atoms with Crippen LogP contribution in [-0.2, 0) is 6.42 Å². The lowest BCUT2D eigenvalue weighted by Crippen LogP contribution is -2.42. The lowest BCUT2D eigenvalue weighted by atomic mass is 9.95. The maximum atomic E-state index is 13.4. The van der Waals surface area contributed by atoms with E-state index in [1.807, 2.05) is 6.92 Å². The molecule has 0 fully saturated rings. The van der Waals surface area contributed by atoms with Crippen LogP contribution in [0.4, 0.5) is 10.1 Å². The van der Waals surface area contributed by atoms with Crippen LogP contribution in [-0.4, -0.2) is 11.9 Å². The maximum Gasteiger partial charge on any atom is 0.260 e. The molecule has 1 atom stereocenters. The molecular weight excluding hydrogens is 324 g/mol. The van der Waals surface area contributed by atoms with Gasteiger partial charge in [0.1, 0.15) is 5.82 Å². The third-order valence-corrected chi connectivity index (χ3v) is 4.50. The summed E-state index contributed by atoms with van der Waals surface area (Å²) < 4.78 is 13.4. The zero-order valence-electron chi connectivity index (χ0n) is 11.9. The predicted molar refractivity (Wildman–Crippen MR) is 87.5 cm³/mol. The molecule has 2 aromatic carbocycles. The van der Waals surface area contributed by atoms with Gasteiger partial charge in [0, 0.05) is 16.8 Å². The van der Waals surface area contributed by atoms with Crippen LogP contribution in [0.3, 0.4) is 0 Å². The number of amides is 1. The van der Waals surface area contributed by atoms with E-state index in [-0.39, 0.29) is 17.8 Å². The Balaban J connectivity index is 2.05. The summed E-state index contributed by atoms with van der Waals surface area (Å²) in [6.07, 6.45) is 1.54. The van der Waals surface area contributed by atoms with Crippen LogP contribution in [0.2, 0.25) is 10.0 Å². The van der Waals surface area contributed by atoms with Crippen LogP contribution in [0.25, 0.3) is 0 Å². The van der Waals surface area contributed by atoms with Crippen molar-refractivity contribution < 1.29 is 9.18 Å². The summed E-state index contributed by atoms with van der Waals surface area (Å²) in [5.41, 5.74) is 1.99. The topological polar surface area (TPSA) is 20.3 Å². The number of nitrogens with zero attached hydrogens (tertiary/aromatic N) is 1. The SMILES string of the molecule is C[C@H]1CCc2cc(F)ccc2N1C(=O)c1ccc(Cl)cc1Cl. The quantitative estimate of drug-likeness (QED) is 0.707. The molecule has 1 amide bonds. The van der Waals surface area contributed by atoms with Crippen molar-refractivity contribution in [3.63, 3.8) is 0 Å². The minimum atomic E-state index is -0.287. The van der Waals surface area contributed by atoms with Gasteiger partial charge in [-0.05, 0) is 61.7 Å². The average Bonchev–Trinajstić information content (AvgIpc) is 2.47. The molecule has 2 nitrogen and oxygen atoms in total. The first-order chi connectivity index (χ1) is 10.5. The van der Waals surface area contributed by atoms with E-state index in [4.69, 9.17) is 23.2 Å². The van der Waals surface area contributed by atoms with E-state index in [1.165, 1.54) is 12.1 Å². The molecule has 0 radical (unpaired) electrons. The van der Waals surface area contributed by atoms with E-state index >= 15 is 0 Å². The Morgan fingerprint density at radius 3 is 2.73 bits per heavy atom. The van der Waals surface area contributed by atoms with Gasteiger partial charge in [-0.2, -0.15) is 0 Å². The van der Waals surface area contributed by atoms with Crippen LogP contribution >= 0.6 is 23.2 Å². The summed E-state index contributed by atoms with van der Waals surface area (Å²) in [6.45, 7) is 1.98. The van der Waals surface area contributed by atoms with Crippen molar-refractivity contribution in [1.82, 2.24) is 0 Å². The molecule has 22 heavy (non-hydrogen) atoms. The third-order valence-electron chi connectivity index (χ3n) is 3.95. The number of carbonyl (C=O) groups is 1. The molecule has 0 saturated heterocycles. The molecule has 0 bridgehead atoms. The molecule has 0 N–H and O–H groups in total. The second-order valence-electron chi connectivity index (χ2n) is 5.46. The van der Waals surface area contributed by atoms with Gasteiger partial charge in [0.05, 0.1) is 10.6 Å². The summed E-state index contributed by atoms with van der Waals surface area (Å²) in [7, 11) is 0. The summed E-state index contributed by atoms with van der Waals surface area (Å²) >= 11 is 12.0. The number of hydrogen-bond donors (Lipinski definition) is 0. The van der Waals surface area contributed by atoms with Gasteiger partial charge in [-0.3, -0.25) is 4.79 Å². The molecular formula is C17H14Cl2FNO. The number of anilines is 1. The van der Waals surface area contributed by atoms with E-state index in [9.17, 15) is 9.18 Å². The van der Waals surface area contributed by atoms with Gasteiger partial charge in [-0.15, -0.1) is 0 Å². The van der Waals surface area contributed by atoms with Crippen molar-refractivity contribution in [1.29, 1.82) is 0 Å². The number of hydrogen-bond acceptors (Lipinski definition) is 1. The molecule has 5 heteroatoms. The number of carbonyl (C=O) groups excluding carboxylic acids is 1. The van der Waals surface area contributed by atoms with Crippen LogP contribution in [0, 0.1) is 5.82 Å². The average molecular weight is 338 g/mol. The zero-order chi connectivity index (χ0) is 15.9. The van der Waals surface area contributed by atoms with Crippen LogP contribution in [0.1, 0.15) is 29.3 Å². The number of halogens is 3. The molecule has 0 saturated carbocycles. The van der Waals surface area contributed by atoms with E-state index < -0.39 is 0 Å². The first-order valence-electron chi connectivity index (χ1n) is 7.04. The zero-order valence-corrected chi connectivity index (χ0v) is 13.5. The monoisotopic (exact) mass is 337 g/mol. The minimum absolute atomic E-state index is 0.0252. The van der Waals surface area contributed by atoms with Gasteiger partial charge < -0.3 is 4.90 Å². The van der Waals surface area contributed by atoms with Crippen LogP contribution in [0.5, 0.6) is 0 Å². The summed E-state index contributed by atoms with van der Waals surface area (Å²) in [5.74, 6) is -0.480. The van der Waals surface area contributed by atoms with Gasteiger partial charge in [-0.1, -0.05) is 23.2 Å². The van der Waals surface area contributed by atoms with Gasteiger partial charge in [-0.25, -0.2) is 4.39 Å². The van der Waals surface area contributed by atoms with Gasteiger partial charge >= 0.3 is 0 Å². The number of rotatable bonds is 1. The third kappa shape index (κ3) is 2.71. The van der Waals surface area contributed by atoms with E-state index in [0.717, 1.165) is 24.1 Å². The second-order valence-corrected chi connectivity index (χ2v) is 6.30. The van der Waals surface area contributed by atoms with Gasteiger partial charge in [0.15, 0.2) is 0 Å². The van der Waals surface area contributed by atoms with Crippen LogP contribution in [0.15, 0.2) is 36.4 Å². The number of benzene rings is 2. The highest BCUT2D eigenvalue weighted by Crippen LogP contribution is 2.34. The van der Waals surface area contributed by atoms with Crippen LogP contribution < -0.4 is 4.90 Å². The highest BCUT2D eigenvalue weighted by atomic mass is 35.5. The first-order valence-corrected chi connectivity index (χ1v) is 7.80. The molecule has 0 spiro atoms. The van der Waals surface area contributed by atoms with E-state index in [2.05, 4.69) is 0 Å². The largest absolute Gasteiger partial charge is 0.305 e. The molecule has 1 heterocycles. The molecule has 1 aliphatic rings. The first kappa shape index (κ1) is 15.3. The van der Waals surface area contributed by atoms with Crippen molar-refractivity contribution >= 4 is 34.8 Å². The lowest BCUT2D eigenvalue weighted by Gasteiger charge is -2.35. The molecule has 0 aliphatic carbocycles. The molecule has 3 rings (SSSR count). The molecule has 1 aliphatic heterocycles. The summed E-state index contributed by atoms with van der Waals surface area (Å²) in [6, 6.07) is 9.36. The molecule has 114 valence electrons. The van der Waals surface area contributed by atoms with Gasteiger partial charge in [0.2, 0.25) is 0 Å². The Labute approximate surface area is 138 Å². The smallest absolute Gasteiger partial charge is 0.260 e. The Morgan fingerprint density at radius 1 is 1.23 bits per heavy atom. The predicted octanol–water partition coefficient (Wildman–Crippen LogP) is 5.11. The van der Waals surface area contributed by atoms with Crippen molar-refractivity contribution in [2.75, 3.05) is 4.90 Å². The summed E-state index contributed by atoms with van der Waals surface area (Å²) in [5, 5.41) is 0.801. The van der Waals surface area contributed by atoms with Crippen molar-refractivity contribution in [3.8, 4) is 0 Å². The van der Waals surface area contributed by atoms with Crippen molar-refractivity contribution in [2.24, 2.45) is 0 Å². The fraction of sp³-hybridized carbons (Fsp3) is 0.235. The van der Waals surface area contributed by atoms with Crippen molar-refractivity contribution in [2.45, 2.75) is 25.8 Å². The fourth-order valence-electron chi connectivity index (χ4n) is 2.82. The molecule has 0 unspecified atom stereocenters. The van der Waals surface area contributed by atoms with Crippen molar-refractivity contribution in [3.05, 3.63) is 63.4 Å². The molecule has 0 aromatic heterocycles. The highest BCUT2D eigenvalue weighted by molar-refractivity contribution is 6.37. The standard InChI is InChI=1S/C17H14Cl2FNO/c1-10-2-3-11-8-13(20)5-7-16(11)21(10)17(22)14-6-4-12(18)9-15(14)19/h4-10H,2-3H2,1H3/t10-/m0/s1. The number of fused-ring (bicyclic) bond motifs is 1. The van der Waals surface area contributed by atoms with Gasteiger partial charge in [0.25, 0.3) is 5.91 Å². The lowest BCUT2D eigenvalue weighted by molar-refractivity contribution is 0.0975. The Hall–Kier alpha value is -1.58. The highest BCUT2D eigenvalue weighted by Gasteiger charge is 2.30. The minimum Gasteiger partial charge on any atom is -0.305 e. The number of aryl methyl sites for hydroxylation is 1. The van der Waals surface area contributed by atoms with E-state index in [0.29, 0.717) is 15.6 Å². The normalized spacial score (nSPS) is 17.3. The Bertz CT molecular complexity index is 747. The summed E-state index contributed by atoms with van der Waals surface area (Å²) in [4.78, 5) is 14.6. The van der Waals surface area contributed by atoms with E-state index in [1.54, 1.807) is 29.2 Å². The maximum absolute atomic E-state index is 13.4. The second kappa shape index (κ2) is 5.90. The Morgan fingerprint density at radius 2 is 2.00 bits per heavy atom.